The highest BCUT2D eigenvalue weighted by molar-refractivity contribution is 9.10. The third kappa shape index (κ3) is 18.5. The summed E-state index contributed by atoms with van der Waals surface area (Å²) < 4.78 is 24.4. The number of halogens is 2. The number of carbonyl (C=O) groups is 2. The minimum atomic E-state index is -0.821. The van der Waals surface area contributed by atoms with Crippen LogP contribution in [-0.2, 0) is 47.8 Å². The van der Waals surface area contributed by atoms with E-state index in [1.54, 1.807) is 0 Å². The van der Waals surface area contributed by atoms with E-state index < -0.39 is 12.3 Å². The zero-order chi connectivity index (χ0) is 33.4. The van der Waals surface area contributed by atoms with Crippen molar-refractivity contribution in [3.63, 3.8) is 0 Å². The molecule has 0 spiro atoms. The second-order valence-electron chi connectivity index (χ2n) is 10.3. The summed E-state index contributed by atoms with van der Waals surface area (Å²) in [5, 5.41) is 8.38. The fourth-order valence-electron chi connectivity index (χ4n) is 4.30. The molecule has 0 aromatic heterocycles. The molecule has 0 saturated heterocycles. The lowest BCUT2D eigenvalue weighted by Gasteiger charge is -2.27. The molecule has 0 aliphatic rings. The number of benzene rings is 3. The number of nitrogens with zero attached hydrogens (tertiary/aromatic N) is 1. The van der Waals surface area contributed by atoms with Crippen molar-refractivity contribution in [1.82, 2.24) is 4.90 Å². The van der Waals surface area contributed by atoms with Gasteiger partial charge in [0.2, 0.25) is 5.91 Å². The highest BCUT2D eigenvalue weighted by Gasteiger charge is 2.19. The highest BCUT2D eigenvalue weighted by atomic mass is 79.9. The van der Waals surface area contributed by atoms with E-state index in [-0.39, 0.29) is 18.9 Å². The van der Waals surface area contributed by atoms with Gasteiger partial charge in [-0.3, -0.25) is 9.59 Å². The van der Waals surface area contributed by atoms with Gasteiger partial charge in [-0.2, -0.15) is 0 Å². The number of amides is 1. The Morgan fingerprint density at radius 1 is 0.674 bits per heavy atom. The first-order valence-electron chi connectivity index (χ1n) is 15.7. The molecular formula is C36H47Br2NO7. The summed E-state index contributed by atoms with van der Waals surface area (Å²) >= 11 is 6.80. The molecule has 252 valence electrons. The lowest BCUT2D eigenvalue weighted by molar-refractivity contribution is -0.159. The van der Waals surface area contributed by atoms with Crippen molar-refractivity contribution in [1.29, 1.82) is 0 Å². The van der Waals surface area contributed by atoms with Gasteiger partial charge in [0, 0.05) is 28.7 Å². The normalized spacial score (nSPS) is 10.8. The standard InChI is InChI=1S/C25H34BrNO4.C11H13BrO3/c1-3-30-25(31-4-2)20-27(17-14-21-8-6-5-7-9-21)24(28)16-19-29-18-15-22-10-12-23(26)13-11-22;12-10-3-1-9(2-4-10)5-7-15-8-6-11(13)14/h5-13,25H,3-4,14-20H2,1-2H3;1-4H,5-8H2,(H,13,14). The van der Waals surface area contributed by atoms with E-state index in [1.807, 2.05) is 73.3 Å². The molecular weight excluding hydrogens is 718 g/mol. The molecule has 0 fully saturated rings. The van der Waals surface area contributed by atoms with E-state index in [9.17, 15) is 9.59 Å². The molecule has 0 aliphatic carbocycles. The Hall–Kier alpha value is -2.60. The maximum absolute atomic E-state index is 12.9. The molecule has 3 aromatic rings. The smallest absolute Gasteiger partial charge is 0.305 e. The molecule has 3 aromatic carbocycles. The van der Waals surface area contributed by atoms with Crippen LogP contribution in [-0.4, -0.2) is 80.9 Å². The Labute approximate surface area is 290 Å². The zero-order valence-electron chi connectivity index (χ0n) is 26.9. The maximum Gasteiger partial charge on any atom is 0.305 e. The lowest BCUT2D eigenvalue weighted by atomic mass is 10.1. The first kappa shape index (κ1) is 39.6. The van der Waals surface area contributed by atoms with Gasteiger partial charge in [0.25, 0.3) is 0 Å². The summed E-state index contributed by atoms with van der Waals surface area (Å²) in [5.74, 6) is -0.761. The van der Waals surface area contributed by atoms with Crippen LogP contribution in [0.2, 0.25) is 0 Å². The quantitative estimate of drug-likeness (QED) is 0.0896. The van der Waals surface area contributed by atoms with Crippen molar-refractivity contribution in [2.75, 3.05) is 52.7 Å². The summed E-state index contributed by atoms with van der Waals surface area (Å²) in [5.41, 5.74) is 3.61. The SMILES string of the molecule is CCOC(CN(CCc1ccccc1)C(=O)CCOCCc1ccc(Br)cc1)OCC.O=C(O)CCOCCc1ccc(Br)cc1. The van der Waals surface area contributed by atoms with Crippen LogP contribution in [0.1, 0.15) is 43.4 Å². The molecule has 1 N–H and O–H groups in total. The summed E-state index contributed by atoms with van der Waals surface area (Å²) in [6.07, 6.45) is 2.44. The van der Waals surface area contributed by atoms with Crippen molar-refractivity contribution >= 4 is 43.7 Å². The second kappa shape index (κ2) is 24.6. The third-order valence-corrected chi connectivity index (χ3v) is 7.82. The molecule has 0 radical (unpaired) electrons. The largest absolute Gasteiger partial charge is 0.481 e. The molecule has 46 heavy (non-hydrogen) atoms. The molecule has 1 amide bonds. The summed E-state index contributed by atoms with van der Waals surface area (Å²) in [6.45, 7) is 7.86. The number of carboxylic acid groups (broad SMARTS) is 1. The number of hydrogen-bond donors (Lipinski definition) is 1. The van der Waals surface area contributed by atoms with E-state index in [2.05, 4.69) is 56.1 Å². The predicted molar refractivity (Wildman–Crippen MR) is 188 cm³/mol. The molecule has 0 atom stereocenters. The minimum absolute atomic E-state index is 0.0592. The van der Waals surface area contributed by atoms with Gasteiger partial charge in [-0.15, -0.1) is 0 Å². The molecule has 3 rings (SSSR count). The second-order valence-corrected chi connectivity index (χ2v) is 12.1. The average molecular weight is 766 g/mol. The van der Waals surface area contributed by atoms with Crippen LogP contribution in [0.15, 0.2) is 87.8 Å². The van der Waals surface area contributed by atoms with E-state index >= 15 is 0 Å². The van der Waals surface area contributed by atoms with Gasteiger partial charge in [0.15, 0.2) is 6.29 Å². The molecule has 0 aliphatic heterocycles. The number of carboxylic acids is 1. The van der Waals surface area contributed by atoms with Crippen molar-refractivity contribution in [2.24, 2.45) is 0 Å². The first-order valence-corrected chi connectivity index (χ1v) is 17.3. The number of rotatable bonds is 21. The molecule has 0 unspecified atom stereocenters. The monoisotopic (exact) mass is 763 g/mol. The maximum atomic E-state index is 12.9. The third-order valence-electron chi connectivity index (χ3n) is 6.76. The number of aliphatic carboxylic acids is 1. The molecule has 0 saturated carbocycles. The van der Waals surface area contributed by atoms with Crippen LogP contribution >= 0.6 is 31.9 Å². The van der Waals surface area contributed by atoms with Gasteiger partial charge in [0.1, 0.15) is 0 Å². The van der Waals surface area contributed by atoms with Crippen LogP contribution in [0.5, 0.6) is 0 Å². The predicted octanol–water partition coefficient (Wildman–Crippen LogP) is 7.35. The van der Waals surface area contributed by atoms with Crippen LogP contribution in [0, 0.1) is 0 Å². The van der Waals surface area contributed by atoms with E-state index in [4.69, 9.17) is 24.1 Å². The van der Waals surface area contributed by atoms with Gasteiger partial charge >= 0.3 is 5.97 Å². The van der Waals surface area contributed by atoms with Crippen LogP contribution in [0.4, 0.5) is 0 Å². The topological polar surface area (TPSA) is 94.5 Å². The van der Waals surface area contributed by atoms with Gasteiger partial charge in [-0.05, 0) is 74.1 Å². The number of ether oxygens (including phenoxy) is 4. The van der Waals surface area contributed by atoms with Crippen molar-refractivity contribution in [3.8, 4) is 0 Å². The molecule has 8 nitrogen and oxygen atoms in total. The summed E-state index contributed by atoms with van der Waals surface area (Å²) in [6, 6.07) is 26.4. The molecule has 10 heteroatoms. The van der Waals surface area contributed by atoms with Gasteiger partial charge < -0.3 is 29.0 Å². The van der Waals surface area contributed by atoms with E-state index in [0.29, 0.717) is 52.5 Å². The molecule has 0 bridgehead atoms. The van der Waals surface area contributed by atoms with Crippen LogP contribution in [0.3, 0.4) is 0 Å². The van der Waals surface area contributed by atoms with E-state index in [0.717, 1.165) is 28.2 Å². The lowest BCUT2D eigenvalue weighted by Crippen LogP contribution is -2.41. The molecule has 0 heterocycles. The average Bonchev–Trinajstić information content (AvgIpc) is 3.05. The van der Waals surface area contributed by atoms with Gasteiger partial charge in [-0.1, -0.05) is 86.5 Å². The Balaban J connectivity index is 0.000000410. The highest BCUT2D eigenvalue weighted by Crippen LogP contribution is 2.12. The van der Waals surface area contributed by atoms with Crippen molar-refractivity contribution in [3.05, 3.63) is 104 Å². The van der Waals surface area contributed by atoms with Crippen LogP contribution in [0.25, 0.3) is 0 Å². The summed E-state index contributed by atoms with van der Waals surface area (Å²) in [7, 11) is 0. The van der Waals surface area contributed by atoms with Gasteiger partial charge in [0.05, 0.1) is 45.8 Å². The van der Waals surface area contributed by atoms with Gasteiger partial charge in [-0.25, -0.2) is 0 Å². The van der Waals surface area contributed by atoms with Crippen LogP contribution < -0.4 is 0 Å². The Morgan fingerprint density at radius 3 is 1.63 bits per heavy atom. The Morgan fingerprint density at radius 2 is 1.15 bits per heavy atom. The zero-order valence-corrected chi connectivity index (χ0v) is 30.0. The summed E-state index contributed by atoms with van der Waals surface area (Å²) in [4.78, 5) is 24.9. The minimum Gasteiger partial charge on any atom is -0.481 e. The first-order chi connectivity index (χ1) is 22.3. The Bertz CT molecular complexity index is 1220. The number of hydrogen-bond acceptors (Lipinski definition) is 6. The fourth-order valence-corrected chi connectivity index (χ4v) is 4.82. The van der Waals surface area contributed by atoms with Crippen molar-refractivity contribution in [2.45, 2.75) is 52.2 Å². The number of carbonyl (C=O) groups excluding carboxylic acids is 1. The van der Waals surface area contributed by atoms with E-state index in [1.165, 1.54) is 16.7 Å². The fraction of sp³-hybridized carbons (Fsp3) is 0.444. The Kier molecular flexibility index (Phi) is 21.1. The van der Waals surface area contributed by atoms with Crippen molar-refractivity contribution < 1.29 is 33.6 Å².